The average Bonchev–Trinajstić information content (AvgIpc) is 2.63. The number of nitrogens with zero attached hydrogens (tertiary/aromatic N) is 1. The van der Waals surface area contributed by atoms with E-state index in [-0.39, 0.29) is 18.2 Å². The number of Topliss-reactive ketones (excluding diaryl/α,β-unsaturated/α-hetero) is 1. The minimum Gasteiger partial charge on any atom is -0.395 e. The van der Waals surface area contributed by atoms with E-state index in [9.17, 15) is 14.3 Å². The fourth-order valence-corrected chi connectivity index (χ4v) is 2.99. The topological polar surface area (TPSA) is 52.6 Å². The smallest absolute Gasteiger partial charge is 0.161 e. The molecule has 1 heterocycles. The lowest BCUT2D eigenvalue weighted by atomic mass is 9.92. The van der Waals surface area contributed by atoms with Crippen LogP contribution in [0.15, 0.2) is 60.8 Å². The second-order valence-corrected chi connectivity index (χ2v) is 6.21. The number of anilines is 2. The summed E-state index contributed by atoms with van der Waals surface area (Å²) in [6, 6.07) is 12.2. The second kappa shape index (κ2) is 7.54. The summed E-state index contributed by atoms with van der Waals surface area (Å²) in [5, 5.41) is 12.6. The largest absolute Gasteiger partial charge is 0.395 e. The maximum Gasteiger partial charge on any atom is 0.161 e. The van der Waals surface area contributed by atoms with Gasteiger partial charge in [0.25, 0.3) is 0 Å². The van der Waals surface area contributed by atoms with Gasteiger partial charge in [-0.05, 0) is 48.4 Å². The molecule has 26 heavy (non-hydrogen) atoms. The number of β-amino-alcohol motifs (C(OH)–C–C–N with tert-alkyl or cyclic N) is 1. The van der Waals surface area contributed by atoms with Crippen molar-refractivity contribution in [3.63, 3.8) is 0 Å². The van der Waals surface area contributed by atoms with Gasteiger partial charge in [0.2, 0.25) is 0 Å². The predicted molar refractivity (Wildman–Crippen MR) is 102 cm³/mol. The summed E-state index contributed by atoms with van der Waals surface area (Å²) >= 11 is 0. The van der Waals surface area contributed by atoms with E-state index in [0.29, 0.717) is 24.2 Å². The van der Waals surface area contributed by atoms with Crippen LogP contribution in [0.1, 0.15) is 18.1 Å². The van der Waals surface area contributed by atoms with Crippen molar-refractivity contribution >= 4 is 22.7 Å². The van der Waals surface area contributed by atoms with Gasteiger partial charge in [-0.2, -0.15) is 0 Å². The first-order valence-electron chi connectivity index (χ1n) is 8.42. The van der Waals surface area contributed by atoms with Crippen LogP contribution in [-0.2, 0) is 11.3 Å². The lowest BCUT2D eigenvalue weighted by Crippen LogP contribution is -2.26. The minimum absolute atomic E-state index is 0.0157. The highest BCUT2D eigenvalue weighted by molar-refractivity contribution is 6.11. The molecule has 0 unspecified atom stereocenters. The normalized spacial score (nSPS) is 13.3. The molecule has 5 heteroatoms. The van der Waals surface area contributed by atoms with Gasteiger partial charge >= 0.3 is 0 Å². The standard InChI is InChI=1S/C21H21FN2O2/c1-14-19-11-18(23-12-16-3-5-17(22)6-4-16)7-8-21(19)24(9-10-25)13-20(14)15(2)26/h3-8,11,13,23,25H,1,9-10,12H2,2H3. The van der Waals surface area contributed by atoms with E-state index in [1.807, 2.05) is 23.1 Å². The van der Waals surface area contributed by atoms with Crippen molar-refractivity contribution in [2.24, 2.45) is 0 Å². The number of carbonyl (C=O) groups excluding carboxylic acids is 1. The fourth-order valence-electron chi connectivity index (χ4n) is 2.99. The predicted octanol–water partition coefficient (Wildman–Crippen LogP) is 3.74. The summed E-state index contributed by atoms with van der Waals surface area (Å²) in [5.41, 5.74) is 4.82. The number of rotatable bonds is 6. The summed E-state index contributed by atoms with van der Waals surface area (Å²) in [6.07, 6.45) is 1.74. The lowest BCUT2D eigenvalue weighted by molar-refractivity contribution is -0.113. The maximum absolute atomic E-state index is 13.0. The van der Waals surface area contributed by atoms with Crippen molar-refractivity contribution in [2.75, 3.05) is 23.4 Å². The Morgan fingerprint density at radius 2 is 1.96 bits per heavy atom. The van der Waals surface area contributed by atoms with Crippen LogP contribution in [0.5, 0.6) is 0 Å². The minimum atomic E-state index is -0.258. The zero-order valence-corrected chi connectivity index (χ0v) is 14.6. The zero-order chi connectivity index (χ0) is 18.7. The SMILES string of the molecule is C=C1C(C(C)=O)=CN(CCO)c2ccc(NCc3ccc(F)cc3)cc21. The summed E-state index contributed by atoms with van der Waals surface area (Å²) in [5.74, 6) is -0.320. The van der Waals surface area contributed by atoms with Crippen molar-refractivity contribution in [1.82, 2.24) is 0 Å². The first-order chi connectivity index (χ1) is 12.5. The van der Waals surface area contributed by atoms with Gasteiger partial charge in [0.05, 0.1) is 6.61 Å². The Balaban J connectivity index is 1.86. The molecule has 4 nitrogen and oxygen atoms in total. The van der Waals surface area contributed by atoms with Crippen LogP contribution < -0.4 is 10.2 Å². The molecule has 2 aromatic rings. The van der Waals surface area contributed by atoms with Gasteiger partial charge in [-0.25, -0.2) is 4.39 Å². The molecule has 0 saturated heterocycles. The molecule has 0 amide bonds. The number of aliphatic hydroxyl groups is 1. The van der Waals surface area contributed by atoms with Crippen molar-refractivity contribution in [3.8, 4) is 0 Å². The molecule has 1 aliphatic rings. The van der Waals surface area contributed by atoms with Gasteiger partial charge in [0, 0.05) is 41.8 Å². The van der Waals surface area contributed by atoms with E-state index in [4.69, 9.17) is 0 Å². The molecular formula is C21H21FN2O2. The molecule has 134 valence electrons. The number of carbonyl (C=O) groups is 1. The van der Waals surface area contributed by atoms with Gasteiger partial charge in [-0.3, -0.25) is 4.79 Å². The third-order valence-corrected chi connectivity index (χ3v) is 4.37. The molecular weight excluding hydrogens is 331 g/mol. The van der Waals surface area contributed by atoms with Crippen LogP contribution in [0.25, 0.3) is 5.57 Å². The third kappa shape index (κ3) is 3.68. The summed E-state index contributed by atoms with van der Waals surface area (Å²) in [7, 11) is 0. The first-order valence-corrected chi connectivity index (χ1v) is 8.42. The fraction of sp³-hybridized carbons (Fsp3) is 0.190. The summed E-state index contributed by atoms with van der Waals surface area (Å²) in [4.78, 5) is 13.8. The molecule has 0 fully saturated rings. The van der Waals surface area contributed by atoms with E-state index in [1.54, 1.807) is 18.3 Å². The van der Waals surface area contributed by atoms with Crippen LogP contribution in [0.2, 0.25) is 0 Å². The Bertz CT molecular complexity index is 872. The van der Waals surface area contributed by atoms with E-state index in [2.05, 4.69) is 11.9 Å². The van der Waals surface area contributed by atoms with Crippen molar-refractivity contribution < 1.29 is 14.3 Å². The first kappa shape index (κ1) is 17.9. The van der Waals surface area contributed by atoms with Crippen molar-refractivity contribution in [2.45, 2.75) is 13.5 Å². The third-order valence-electron chi connectivity index (χ3n) is 4.37. The van der Waals surface area contributed by atoms with Gasteiger partial charge in [-0.15, -0.1) is 0 Å². The van der Waals surface area contributed by atoms with E-state index < -0.39 is 0 Å². The van der Waals surface area contributed by atoms with Crippen LogP contribution in [0.4, 0.5) is 15.8 Å². The Hall–Kier alpha value is -2.92. The average molecular weight is 352 g/mol. The molecule has 0 saturated carbocycles. The highest BCUT2D eigenvalue weighted by Gasteiger charge is 2.23. The number of nitrogens with one attached hydrogen (secondary N) is 1. The second-order valence-electron chi connectivity index (χ2n) is 6.21. The molecule has 0 atom stereocenters. The number of fused-ring (bicyclic) bond motifs is 1. The molecule has 0 bridgehead atoms. The van der Waals surface area contributed by atoms with E-state index in [1.165, 1.54) is 19.1 Å². The Morgan fingerprint density at radius 3 is 2.62 bits per heavy atom. The van der Waals surface area contributed by atoms with E-state index in [0.717, 1.165) is 22.5 Å². The molecule has 2 N–H and O–H groups in total. The number of aliphatic hydroxyl groups excluding tert-OH is 1. The molecule has 2 aromatic carbocycles. The number of hydrogen-bond acceptors (Lipinski definition) is 4. The number of ketones is 1. The number of benzene rings is 2. The summed E-state index contributed by atoms with van der Waals surface area (Å²) in [6.45, 7) is 6.53. The van der Waals surface area contributed by atoms with E-state index >= 15 is 0 Å². The number of halogens is 1. The molecule has 0 aromatic heterocycles. The Labute approximate surface area is 152 Å². The monoisotopic (exact) mass is 352 g/mol. The number of allylic oxidation sites excluding steroid dienone is 2. The van der Waals surface area contributed by atoms with Gasteiger partial charge in [-0.1, -0.05) is 18.7 Å². The van der Waals surface area contributed by atoms with Crippen LogP contribution in [0, 0.1) is 5.82 Å². The lowest BCUT2D eigenvalue weighted by Gasteiger charge is -2.30. The Morgan fingerprint density at radius 1 is 1.23 bits per heavy atom. The molecule has 1 aliphatic heterocycles. The highest BCUT2D eigenvalue weighted by Crippen LogP contribution is 2.38. The van der Waals surface area contributed by atoms with Crippen LogP contribution >= 0.6 is 0 Å². The van der Waals surface area contributed by atoms with Crippen LogP contribution in [0.3, 0.4) is 0 Å². The van der Waals surface area contributed by atoms with Crippen LogP contribution in [-0.4, -0.2) is 24.0 Å². The van der Waals surface area contributed by atoms with Gasteiger partial charge in [0.15, 0.2) is 5.78 Å². The molecule has 3 rings (SSSR count). The number of hydrogen-bond donors (Lipinski definition) is 2. The molecule has 0 aliphatic carbocycles. The zero-order valence-electron chi connectivity index (χ0n) is 14.6. The maximum atomic E-state index is 13.0. The van der Waals surface area contributed by atoms with Crippen molar-refractivity contribution in [1.29, 1.82) is 0 Å². The molecule has 0 spiro atoms. The quantitative estimate of drug-likeness (QED) is 0.832. The highest BCUT2D eigenvalue weighted by atomic mass is 19.1. The Kier molecular flexibility index (Phi) is 5.19. The van der Waals surface area contributed by atoms with Crippen molar-refractivity contribution in [3.05, 3.63) is 77.8 Å². The summed E-state index contributed by atoms with van der Waals surface area (Å²) < 4.78 is 13.0. The van der Waals surface area contributed by atoms with Gasteiger partial charge in [0.1, 0.15) is 5.82 Å². The molecule has 0 radical (unpaired) electrons. The van der Waals surface area contributed by atoms with Gasteiger partial charge < -0.3 is 15.3 Å².